The third-order valence-corrected chi connectivity index (χ3v) is 4.01. The summed E-state index contributed by atoms with van der Waals surface area (Å²) in [5, 5.41) is 8.31. The maximum absolute atomic E-state index is 5.98. The highest BCUT2D eigenvalue weighted by molar-refractivity contribution is 7.16. The average Bonchev–Trinajstić information content (AvgIpc) is 2.77. The number of aromatic nitrogens is 2. The van der Waals surface area contributed by atoms with Crippen LogP contribution in [0, 0.1) is 6.92 Å². The second-order valence-corrected chi connectivity index (χ2v) is 5.73. The quantitative estimate of drug-likeness (QED) is 0.668. The van der Waals surface area contributed by atoms with Gasteiger partial charge in [0, 0.05) is 10.4 Å². The van der Waals surface area contributed by atoms with Crippen molar-refractivity contribution < 1.29 is 0 Å². The summed E-state index contributed by atoms with van der Waals surface area (Å²) in [5.74, 6) is 5.69. The van der Waals surface area contributed by atoms with E-state index in [0.29, 0.717) is 0 Å². The van der Waals surface area contributed by atoms with E-state index in [9.17, 15) is 0 Å². The summed E-state index contributed by atoms with van der Waals surface area (Å²) in [7, 11) is 0. The van der Waals surface area contributed by atoms with Crippen LogP contribution in [0.25, 0.3) is 0 Å². The van der Waals surface area contributed by atoms with E-state index < -0.39 is 0 Å². The molecule has 0 aliphatic rings. The first kappa shape index (κ1) is 13.4. The standard InChI is InChI=1S/C12H15ClN4S/c1-3-9-8(6-7(2)16-17-9)12(15-14)10-4-5-11(13)18-10/h4-6,12,15H,3,14H2,1-2H3. The van der Waals surface area contributed by atoms with Gasteiger partial charge in [0.15, 0.2) is 0 Å². The number of halogens is 1. The predicted octanol–water partition coefficient (Wildman–Crippen LogP) is 2.62. The highest BCUT2D eigenvalue weighted by atomic mass is 35.5. The lowest BCUT2D eigenvalue weighted by Gasteiger charge is -2.17. The molecule has 0 fully saturated rings. The SMILES string of the molecule is CCc1nnc(C)cc1C(NN)c1ccc(Cl)s1. The van der Waals surface area contributed by atoms with Crippen LogP contribution < -0.4 is 11.3 Å². The lowest BCUT2D eigenvalue weighted by Crippen LogP contribution is -2.29. The Labute approximate surface area is 115 Å². The number of nitrogens with one attached hydrogen (secondary N) is 1. The summed E-state index contributed by atoms with van der Waals surface area (Å²) in [4.78, 5) is 1.07. The van der Waals surface area contributed by atoms with Gasteiger partial charge in [0.05, 0.1) is 21.8 Å². The molecule has 0 aliphatic carbocycles. The van der Waals surface area contributed by atoms with Crippen molar-refractivity contribution in [2.24, 2.45) is 5.84 Å². The van der Waals surface area contributed by atoms with Crippen LogP contribution in [0.4, 0.5) is 0 Å². The molecule has 0 aromatic carbocycles. The number of hydrogen-bond acceptors (Lipinski definition) is 5. The Kier molecular flexibility index (Phi) is 4.29. The van der Waals surface area contributed by atoms with Crippen molar-refractivity contribution in [1.29, 1.82) is 0 Å². The maximum Gasteiger partial charge on any atom is 0.0931 e. The van der Waals surface area contributed by atoms with Gasteiger partial charge in [-0.2, -0.15) is 10.2 Å². The van der Waals surface area contributed by atoms with Gasteiger partial charge in [-0.3, -0.25) is 5.84 Å². The minimum Gasteiger partial charge on any atom is -0.271 e. The molecule has 0 spiro atoms. The molecule has 2 rings (SSSR count). The fourth-order valence-electron chi connectivity index (χ4n) is 1.87. The van der Waals surface area contributed by atoms with E-state index in [1.807, 2.05) is 25.1 Å². The van der Waals surface area contributed by atoms with E-state index in [1.54, 1.807) is 0 Å². The number of nitrogens with two attached hydrogens (primary N) is 1. The van der Waals surface area contributed by atoms with Gasteiger partial charge in [-0.25, -0.2) is 5.43 Å². The molecule has 6 heteroatoms. The molecular weight excluding hydrogens is 268 g/mol. The third kappa shape index (κ3) is 2.70. The largest absolute Gasteiger partial charge is 0.271 e. The first-order valence-electron chi connectivity index (χ1n) is 5.70. The van der Waals surface area contributed by atoms with E-state index >= 15 is 0 Å². The number of aryl methyl sites for hydroxylation is 2. The summed E-state index contributed by atoms with van der Waals surface area (Å²) in [6, 6.07) is 5.78. The maximum atomic E-state index is 5.98. The highest BCUT2D eigenvalue weighted by Crippen LogP contribution is 2.31. The molecule has 18 heavy (non-hydrogen) atoms. The minimum atomic E-state index is -0.0911. The van der Waals surface area contributed by atoms with Gasteiger partial charge in [-0.05, 0) is 31.5 Å². The summed E-state index contributed by atoms with van der Waals surface area (Å²) in [5.41, 5.74) is 5.73. The van der Waals surface area contributed by atoms with Gasteiger partial charge in [-0.1, -0.05) is 18.5 Å². The van der Waals surface area contributed by atoms with Gasteiger partial charge in [0.1, 0.15) is 0 Å². The van der Waals surface area contributed by atoms with E-state index in [0.717, 1.165) is 32.6 Å². The summed E-state index contributed by atoms with van der Waals surface area (Å²) >= 11 is 7.49. The predicted molar refractivity (Wildman–Crippen MR) is 74.6 cm³/mol. The molecule has 0 radical (unpaired) electrons. The van der Waals surface area contributed by atoms with Gasteiger partial charge in [0.25, 0.3) is 0 Å². The van der Waals surface area contributed by atoms with Crippen LogP contribution >= 0.6 is 22.9 Å². The molecule has 96 valence electrons. The molecule has 0 aliphatic heterocycles. The van der Waals surface area contributed by atoms with Crippen LogP contribution in [0.1, 0.15) is 34.8 Å². The van der Waals surface area contributed by atoms with Crippen LogP contribution in [0.5, 0.6) is 0 Å². The summed E-state index contributed by atoms with van der Waals surface area (Å²) < 4.78 is 0.752. The molecule has 2 aromatic rings. The molecule has 0 saturated carbocycles. The molecule has 0 saturated heterocycles. The topological polar surface area (TPSA) is 63.8 Å². The van der Waals surface area contributed by atoms with Crippen molar-refractivity contribution in [2.45, 2.75) is 26.3 Å². The lowest BCUT2D eigenvalue weighted by molar-refractivity contribution is 0.630. The van der Waals surface area contributed by atoms with Crippen LogP contribution in [-0.4, -0.2) is 10.2 Å². The van der Waals surface area contributed by atoms with Crippen LogP contribution in [0.3, 0.4) is 0 Å². The van der Waals surface area contributed by atoms with E-state index in [2.05, 4.69) is 22.5 Å². The Morgan fingerprint density at radius 2 is 2.22 bits per heavy atom. The number of rotatable bonds is 4. The zero-order valence-electron chi connectivity index (χ0n) is 10.3. The molecule has 4 nitrogen and oxygen atoms in total. The van der Waals surface area contributed by atoms with Crippen molar-refractivity contribution in [3.05, 3.63) is 44.4 Å². The molecule has 0 bridgehead atoms. The molecular formula is C12H15ClN4S. The van der Waals surface area contributed by atoms with Gasteiger partial charge < -0.3 is 0 Å². The Morgan fingerprint density at radius 1 is 1.44 bits per heavy atom. The second kappa shape index (κ2) is 5.75. The first-order chi connectivity index (χ1) is 8.65. The van der Waals surface area contributed by atoms with Crippen molar-refractivity contribution in [1.82, 2.24) is 15.6 Å². The average molecular weight is 283 g/mol. The monoisotopic (exact) mass is 282 g/mol. The number of hydrazine groups is 1. The minimum absolute atomic E-state index is 0.0911. The molecule has 2 aromatic heterocycles. The lowest BCUT2D eigenvalue weighted by atomic mass is 10.0. The van der Waals surface area contributed by atoms with Gasteiger partial charge in [0.2, 0.25) is 0 Å². The third-order valence-electron chi connectivity index (χ3n) is 2.72. The zero-order valence-corrected chi connectivity index (χ0v) is 11.8. The number of thiophene rings is 1. The van der Waals surface area contributed by atoms with E-state index in [-0.39, 0.29) is 6.04 Å². The fourth-order valence-corrected chi connectivity index (χ4v) is 3.01. The molecule has 1 atom stereocenters. The Bertz CT molecular complexity index is 541. The smallest absolute Gasteiger partial charge is 0.0931 e. The summed E-state index contributed by atoms with van der Waals surface area (Å²) in [6.45, 7) is 3.97. The van der Waals surface area contributed by atoms with Crippen molar-refractivity contribution >= 4 is 22.9 Å². The normalized spacial score (nSPS) is 12.7. The van der Waals surface area contributed by atoms with Crippen LogP contribution in [0.2, 0.25) is 4.34 Å². The van der Waals surface area contributed by atoms with Crippen molar-refractivity contribution in [2.75, 3.05) is 0 Å². The number of nitrogens with zero attached hydrogens (tertiary/aromatic N) is 2. The van der Waals surface area contributed by atoms with E-state index in [1.165, 1.54) is 11.3 Å². The Morgan fingerprint density at radius 3 is 2.78 bits per heavy atom. The van der Waals surface area contributed by atoms with Gasteiger partial charge in [-0.15, -0.1) is 11.3 Å². The van der Waals surface area contributed by atoms with Gasteiger partial charge >= 0.3 is 0 Å². The van der Waals surface area contributed by atoms with Crippen molar-refractivity contribution in [3.8, 4) is 0 Å². The second-order valence-electron chi connectivity index (χ2n) is 3.98. The number of hydrogen-bond donors (Lipinski definition) is 2. The molecule has 2 heterocycles. The summed E-state index contributed by atoms with van der Waals surface area (Å²) in [6.07, 6.45) is 0.819. The van der Waals surface area contributed by atoms with E-state index in [4.69, 9.17) is 17.4 Å². The van der Waals surface area contributed by atoms with Crippen LogP contribution in [0.15, 0.2) is 18.2 Å². The highest BCUT2D eigenvalue weighted by Gasteiger charge is 2.19. The Hall–Kier alpha value is -1.01. The molecule has 1 unspecified atom stereocenters. The molecule has 3 N–H and O–H groups in total. The Balaban J connectivity index is 2.47. The van der Waals surface area contributed by atoms with Crippen molar-refractivity contribution in [3.63, 3.8) is 0 Å². The first-order valence-corrected chi connectivity index (χ1v) is 6.89. The fraction of sp³-hybridized carbons (Fsp3) is 0.333. The zero-order chi connectivity index (χ0) is 13.1. The molecule has 0 amide bonds. The van der Waals surface area contributed by atoms with Crippen LogP contribution in [-0.2, 0) is 6.42 Å².